The predicted molar refractivity (Wildman–Crippen MR) is 141 cm³/mol. The van der Waals surface area contributed by atoms with E-state index in [1.54, 1.807) is 19.4 Å². The van der Waals surface area contributed by atoms with Crippen molar-refractivity contribution < 1.29 is 18.3 Å². The lowest BCUT2D eigenvalue weighted by Crippen LogP contribution is -2.46. The van der Waals surface area contributed by atoms with Crippen molar-refractivity contribution in [1.82, 2.24) is 14.8 Å². The number of hydrogen-bond acceptors (Lipinski definition) is 7. The van der Waals surface area contributed by atoms with E-state index in [9.17, 15) is 9.18 Å². The Morgan fingerprint density at radius 2 is 2.03 bits per heavy atom. The number of furan rings is 1. The van der Waals surface area contributed by atoms with E-state index < -0.39 is 11.9 Å². The number of piperazine rings is 1. The van der Waals surface area contributed by atoms with Crippen LogP contribution in [0.15, 0.2) is 40.5 Å². The monoisotopic (exact) mass is 548 g/mol. The second-order valence-corrected chi connectivity index (χ2v) is 10.4. The Morgan fingerprint density at radius 3 is 2.78 bits per heavy atom. The Morgan fingerprint density at radius 1 is 1.28 bits per heavy atom. The molecule has 0 bridgehead atoms. The maximum absolute atomic E-state index is 14.0. The van der Waals surface area contributed by atoms with Crippen molar-refractivity contribution in [3.8, 4) is 16.9 Å². The number of anilines is 1. The first-order valence-corrected chi connectivity index (χ1v) is 12.9. The molecule has 0 aliphatic carbocycles. The number of likely N-dealkylation sites (N-methyl/N-ethyl adjacent to an activating group) is 1. The second-order valence-electron chi connectivity index (χ2n) is 8.68. The second kappa shape index (κ2) is 9.89. The molecule has 0 spiro atoms. The van der Waals surface area contributed by atoms with E-state index in [0.717, 1.165) is 24.2 Å². The van der Waals surface area contributed by atoms with Crippen molar-refractivity contribution in [2.24, 2.45) is 0 Å². The van der Waals surface area contributed by atoms with Gasteiger partial charge in [-0.15, -0.1) is 11.3 Å². The number of aromatic nitrogens is 1. The lowest BCUT2D eigenvalue weighted by molar-refractivity contribution is 0.0669. The Balaban J connectivity index is 1.45. The van der Waals surface area contributed by atoms with Crippen LogP contribution in [0.3, 0.4) is 0 Å². The van der Waals surface area contributed by atoms with Crippen molar-refractivity contribution in [2.75, 3.05) is 39.0 Å². The zero-order valence-electron chi connectivity index (χ0n) is 19.6. The minimum atomic E-state index is -0.738. The van der Waals surface area contributed by atoms with Crippen LogP contribution in [-0.2, 0) is 0 Å². The topological polar surface area (TPSA) is 84.8 Å². The zero-order valence-corrected chi connectivity index (χ0v) is 21.9. The summed E-state index contributed by atoms with van der Waals surface area (Å²) in [5.41, 5.74) is 8.38. The molecule has 1 amide bonds. The fourth-order valence-electron chi connectivity index (χ4n) is 4.22. The lowest BCUT2D eigenvalue weighted by atomic mass is 10.1. The average Bonchev–Trinajstić information content (AvgIpc) is 3.51. The van der Waals surface area contributed by atoms with Crippen LogP contribution in [0.5, 0.6) is 5.75 Å². The van der Waals surface area contributed by atoms with Gasteiger partial charge in [-0.2, -0.15) is 0 Å². The van der Waals surface area contributed by atoms with Gasteiger partial charge in [0.25, 0.3) is 5.91 Å². The highest BCUT2D eigenvalue weighted by Gasteiger charge is 2.25. The maximum atomic E-state index is 14.0. The van der Waals surface area contributed by atoms with Gasteiger partial charge in [0.2, 0.25) is 5.75 Å². The number of hydrogen-bond donors (Lipinski definition) is 1. The number of fused-ring (bicyclic) bond motifs is 1. The van der Waals surface area contributed by atoms with Crippen molar-refractivity contribution in [1.29, 1.82) is 0 Å². The summed E-state index contributed by atoms with van der Waals surface area (Å²) >= 11 is 13.8. The van der Waals surface area contributed by atoms with E-state index in [1.165, 1.54) is 23.5 Å². The molecule has 2 N–H and O–H groups in total. The first-order chi connectivity index (χ1) is 17.2. The molecule has 4 heterocycles. The average molecular weight is 549 g/mol. The number of thiophene rings is 1. The maximum Gasteiger partial charge on any atom is 0.264 e. The highest BCUT2D eigenvalue weighted by atomic mass is 35.5. The first-order valence-electron chi connectivity index (χ1n) is 11.3. The molecule has 1 fully saturated rings. The summed E-state index contributed by atoms with van der Waals surface area (Å²) < 4.78 is 26.0. The summed E-state index contributed by atoms with van der Waals surface area (Å²) in [6.45, 7) is 4.81. The molecule has 0 saturated carbocycles. The third-order valence-electron chi connectivity index (χ3n) is 6.29. The third kappa shape index (κ3) is 4.52. The highest BCUT2D eigenvalue weighted by molar-refractivity contribution is 7.12. The molecule has 188 valence electrons. The number of pyridine rings is 1. The Labute approximate surface area is 221 Å². The van der Waals surface area contributed by atoms with E-state index in [-0.39, 0.29) is 27.5 Å². The summed E-state index contributed by atoms with van der Waals surface area (Å²) in [5, 5.41) is 2.73. The van der Waals surface area contributed by atoms with Crippen LogP contribution in [0.4, 0.5) is 10.2 Å². The van der Waals surface area contributed by atoms with Crippen molar-refractivity contribution >= 4 is 57.2 Å². The van der Waals surface area contributed by atoms with Gasteiger partial charge in [-0.25, -0.2) is 9.37 Å². The smallest absolute Gasteiger partial charge is 0.264 e. The number of rotatable bonds is 5. The molecule has 3 aromatic heterocycles. The third-order valence-corrected chi connectivity index (χ3v) is 7.93. The summed E-state index contributed by atoms with van der Waals surface area (Å²) in [5.74, 6) is -0.270. The summed E-state index contributed by atoms with van der Waals surface area (Å²) in [4.78, 5) is 22.0. The van der Waals surface area contributed by atoms with Crippen LogP contribution in [0.1, 0.15) is 28.3 Å². The summed E-state index contributed by atoms with van der Waals surface area (Å²) in [6, 6.07) is 4.48. The molecule has 1 aliphatic heterocycles. The summed E-state index contributed by atoms with van der Waals surface area (Å²) in [7, 11) is 2.05. The molecule has 1 saturated heterocycles. The number of carbonyl (C=O) groups excluding carboxylic acids is 1. The quantitative estimate of drug-likeness (QED) is 0.303. The molecule has 11 heteroatoms. The van der Waals surface area contributed by atoms with E-state index in [2.05, 4.69) is 16.9 Å². The van der Waals surface area contributed by atoms with Gasteiger partial charge < -0.3 is 24.7 Å². The number of benzene rings is 1. The summed E-state index contributed by atoms with van der Waals surface area (Å²) in [6.07, 6.45) is 2.44. The molecule has 1 unspecified atom stereocenters. The van der Waals surface area contributed by atoms with Gasteiger partial charge in [0.1, 0.15) is 11.9 Å². The van der Waals surface area contributed by atoms with Crippen molar-refractivity contribution in [3.63, 3.8) is 0 Å². The normalized spacial score (nSPS) is 15.4. The number of nitrogen functional groups attached to an aromatic ring is 1. The number of nitrogens with two attached hydrogens (primary N) is 1. The highest BCUT2D eigenvalue weighted by Crippen LogP contribution is 2.42. The van der Waals surface area contributed by atoms with Gasteiger partial charge >= 0.3 is 0 Å². The van der Waals surface area contributed by atoms with Gasteiger partial charge in [-0.1, -0.05) is 23.2 Å². The van der Waals surface area contributed by atoms with Gasteiger partial charge in [0.05, 0.1) is 21.5 Å². The predicted octanol–water partition coefficient (Wildman–Crippen LogP) is 6.11. The molecule has 36 heavy (non-hydrogen) atoms. The van der Waals surface area contributed by atoms with E-state index in [0.29, 0.717) is 34.5 Å². The molecule has 1 atom stereocenters. The van der Waals surface area contributed by atoms with Gasteiger partial charge in [0, 0.05) is 48.5 Å². The number of ether oxygens (including phenoxy) is 1. The number of nitrogens with zero attached hydrogens (tertiary/aromatic N) is 3. The van der Waals surface area contributed by atoms with E-state index in [4.69, 9.17) is 38.1 Å². The Kier molecular flexibility index (Phi) is 6.82. The van der Waals surface area contributed by atoms with Gasteiger partial charge in [0.15, 0.2) is 11.4 Å². The molecular weight excluding hydrogens is 526 g/mol. The number of halogens is 3. The zero-order chi connectivity index (χ0) is 25.6. The largest absolute Gasteiger partial charge is 0.478 e. The van der Waals surface area contributed by atoms with Crippen LogP contribution in [-0.4, -0.2) is 53.9 Å². The SMILES string of the molecule is CC(Oc1c(N)ncc2c(-c3csc(C(=O)N4CCN(C)CC4)c3)coc12)c1c(Cl)ccc(F)c1Cl. The van der Waals surface area contributed by atoms with E-state index in [1.807, 2.05) is 16.3 Å². The minimum absolute atomic E-state index is 0.0243. The minimum Gasteiger partial charge on any atom is -0.478 e. The molecule has 0 radical (unpaired) electrons. The van der Waals surface area contributed by atoms with Crippen LogP contribution >= 0.6 is 34.5 Å². The molecule has 1 aliphatic rings. The van der Waals surface area contributed by atoms with Crippen LogP contribution < -0.4 is 10.5 Å². The molecular formula is C25H23Cl2FN4O3S. The van der Waals surface area contributed by atoms with Crippen molar-refractivity contribution in [2.45, 2.75) is 13.0 Å². The van der Waals surface area contributed by atoms with Crippen LogP contribution in [0.25, 0.3) is 22.1 Å². The molecule has 4 aromatic rings. The molecule has 7 nitrogen and oxygen atoms in total. The first kappa shape index (κ1) is 24.8. The van der Waals surface area contributed by atoms with Crippen molar-refractivity contribution in [3.05, 3.63) is 62.3 Å². The standard InChI is InChI=1S/C25H23Cl2FN4O3S/c1-13(20-17(26)3-4-18(28)21(20)27)35-23-22-15(10-30-24(23)29)16(11-34-22)14-9-19(36-12-14)25(33)32-7-5-31(2)6-8-32/h3-4,9-13H,5-8H2,1-2H3,(H2,29,30). The Hall–Kier alpha value is -2.85. The van der Waals surface area contributed by atoms with Crippen LogP contribution in [0, 0.1) is 5.82 Å². The number of carbonyl (C=O) groups is 1. The fourth-order valence-corrected chi connectivity index (χ4v) is 5.78. The Bertz CT molecular complexity index is 1450. The number of amides is 1. The molecule has 1 aromatic carbocycles. The fraction of sp³-hybridized carbons (Fsp3) is 0.280. The molecule has 5 rings (SSSR count). The van der Waals surface area contributed by atoms with Gasteiger partial charge in [-0.05, 0) is 43.1 Å². The lowest BCUT2D eigenvalue weighted by Gasteiger charge is -2.32. The van der Waals surface area contributed by atoms with Gasteiger partial charge in [-0.3, -0.25) is 4.79 Å². The van der Waals surface area contributed by atoms with E-state index >= 15 is 0 Å². The van der Waals surface area contributed by atoms with Crippen LogP contribution in [0.2, 0.25) is 10.0 Å².